The molecular formula is C21H24N4O2. The Balaban J connectivity index is 1.57. The number of hydrogen-bond acceptors (Lipinski definition) is 3. The summed E-state index contributed by atoms with van der Waals surface area (Å²) in [6.07, 6.45) is 3.66. The molecule has 0 aliphatic carbocycles. The molecule has 0 aliphatic rings. The smallest absolute Gasteiger partial charge is 0.315 e. The number of nitrogens with one attached hydrogen (secondary N) is 2. The number of ether oxygens (including phenoxy) is 1. The lowest BCUT2D eigenvalue weighted by Gasteiger charge is -2.18. The van der Waals surface area contributed by atoms with Crippen LogP contribution in [-0.2, 0) is 6.54 Å². The molecule has 3 rings (SSSR count). The molecule has 0 saturated carbocycles. The van der Waals surface area contributed by atoms with Gasteiger partial charge >= 0.3 is 6.03 Å². The van der Waals surface area contributed by atoms with Crippen LogP contribution < -0.4 is 15.4 Å². The lowest BCUT2D eigenvalue weighted by molar-refractivity contribution is 0.237. The first-order valence-electron chi connectivity index (χ1n) is 8.84. The largest absolute Gasteiger partial charge is 0.496 e. The number of rotatable bonds is 6. The van der Waals surface area contributed by atoms with Crippen molar-refractivity contribution in [3.05, 3.63) is 77.6 Å². The zero-order valence-corrected chi connectivity index (χ0v) is 15.8. The predicted molar refractivity (Wildman–Crippen MR) is 105 cm³/mol. The molecule has 0 saturated heterocycles. The van der Waals surface area contributed by atoms with E-state index in [0.29, 0.717) is 6.54 Å². The molecule has 1 unspecified atom stereocenters. The number of carbonyl (C=O) groups is 1. The van der Waals surface area contributed by atoms with Crippen LogP contribution in [0.1, 0.15) is 29.7 Å². The summed E-state index contributed by atoms with van der Waals surface area (Å²) in [6.45, 7) is 4.35. The molecule has 140 valence electrons. The van der Waals surface area contributed by atoms with Gasteiger partial charge < -0.3 is 15.4 Å². The first kappa shape index (κ1) is 18.5. The molecule has 0 bridgehead atoms. The molecule has 1 aromatic heterocycles. The SMILES string of the molecule is COc1ccc(C)cc1C(C)NC(=O)NCc1cnn(-c2ccccc2)c1. The molecule has 27 heavy (non-hydrogen) atoms. The maximum atomic E-state index is 12.3. The number of aromatic nitrogens is 2. The van der Waals surface area contributed by atoms with Crippen LogP contribution in [0.2, 0.25) is 0 Å². The Hall–Kier alpha value is -3.28. The number of benzene rings is 2. The van der Waals surface area contributed by atoms with Crippen molar-refractivity contribution in [3.63, 3.8) is 0 Å². The number of nitrogens with zero attached hydrogens (tertiary/aromatic N) is 2. The lowest BCUT2D eigenvalue weighted by atomic mass is 10.0. The van der Waals surface area contributed by atoms with Crippen molar-refractivity contribution in [2.75, 3.05) is 7.11 Å². The second-order valence-electron chi connectivity index (χ2n) is 6.42. The van der Waals surface area contributed by atoms with E-state index in [1.165, 1.54) is 0 Å². The Bertz CT molecular complexity index is 906. The molecule has 6 nitrogen and oxygen atoms in total. The fourth-order valence-electron chi connectivity index (χ4n) is 2.87. The van der Waals surface area contributed by atoms with Crippen LogP contribution >= 0.6 is 0 Å². The minimum atomic E-state index is -0.237. The Labute approximate surface area is 159 Å². The molecule has 0 fully saturated rings. The summed E-state index contributed by atoms with van der Waals surface area (Å²) in [4.78, 5) is 12.3. The number of urea groups is 1. The highest BCUT2D eigenvalue weighted by molar-refractivity contribution is 5.74. The van der Waals surface area contributed by atoms with Gasteiger partial charge in [-0.2, -0.15) is 5.10 Å². The number of hydrogen-bond donors (Lipinski definition) is 2. The molecule has 0 aliphatic heterocycles. The van der Waals surface area contributed by atoms with Crippen LogP contribution in [0.5, 0.6) is 5.75 Å². The zero-order valence-electron chi connectivity index (χ0n) is 15.8. The van der Waals surface area contributed by atoms with Crippen LogP contribution in [0.25, 0.3) is 5.69 Å². The van der Waals surface area contributed by atoms with Crippen LogP contribution in [0.3, 0.4) is 0 Å². The third-order valence-corrected chi connectivity index (χ3v) is 4.31. The van der Waals surface area contributed by atoms with Gasteiger partial charge in [0, 0.05) is 23.9 Å². The van der Waals surface area contributed by atoms with Gasteiger partial charge in [-0.3, -0.25) is 0 Å². The first-order chi connectivity index (χ1) is 13.1. The molecule has 2 N–H and O–H groups in total. The molecule has 0 spiro atoms. The van der Waals surface area contributed by atoms with Gasteiger partial charge in [-0.25, -0.2) is 9.48 Å². The Morgan fingerprint density at radius 2 is 2.00 bits per heavy atom. The maximum absolute atomic E-state index is 12.3. The molecule has 2 amide bonds. The van der Waals surface area contributed by atoms with Gasteiger partial charge in [-0.05, 0) is 32.0 Å². The van der Waals surface area contributed by atoms with E-state index in [9.17, 15) is 4.79 Å². The average Bonchev–Trinajstić information content (AvgIpc) is 3.16. The Morgan fingerprint density at radius 3 is 2.74 bits per heavy atom. The summed E-state index contributed by atoms with van der Waals surface area (Å²) < 4.78 is 7.18. The number of amides is 2. The summed E-state index contributed by atoms with van der Waals surface area (Å²) in [5, 5.41) is 10.2. The van der Waals surface area contributed by atoms with Gasteiger partial charge in [0.25, 0.3) is 0 Å². The van der Waals surface area contributed by atoms with Gasteiger partial charge in [-0.15, -0.1) is 0 Å². The fraction of sp³-hybridized carbons (Fsp3) is 0.238. The Kier molecular flexibility index (Phi) is 5.76. The van der Waals surface area contributed by atoms with Crippen LogP contribution in [-0.4, -0.2) is 22.9 Å². The highest BCUT2D eigenvalue weighted by Crippen LogP contribution is 2.25. The number of carbonyl (C=O) groups excluding carboxylic acids is 1. The van der Waals surface area contributed by atoms with Gasteiger partial charge in [0.15, 0.2) is 0 Å². The highest BCUT2D eigenvalue weighted by atomic mass is 16.5. The van der Waals surface area contributed by atoms with E-state index in [4.69, 9.17) is 4.74 Å². The highest BCUT2D eigenvalue weighted by Gasteiger charge is 2.14. The van der Waals surface area contributed by atoms with E-state index < -0.39 is 0 Å². The van der Waals surface area contributed by atoms with Crippen molar-refractivity contribution in [2.24, 2.45) is 0 Å². The number of aryl methyl sites for hydroxylation is 1. The second kappa shape index (κ2) is 8.40. The Morgan fingerprint density at radius 1 is 1.22 bits per heavy atom. The molecule has 0 radical (unpaired) electrons. The van der Waals surface area contributed by atoms with Gasteiger partial charge in [0.2, 0.25) is 0 Å². The molecule has 2 aromatic carbocycles. The van der Waals surface area contributed by atoms with Crippen molar-refractivity contribution >= 4 is 6.03 Å². The van der Waals surface area contributed by atoms with E-state index >= 15 is 0 Å². The normalized spacial score (nSPS) is 11.7. The van der Waals surface area contributed by atoms with E-state index in [-0.39, 0.29) is 12.1 Å². The summed E-state index contributed by atoms with van der Waals surface area (Å²) >= 11 is 0. The molecule has 1 heterocycles. The second-order valence-corrected chi connectivity index (χ2v) is 6.42. The topological polar surface area (TPSA) is 68.2 Å². The van der Waals surface area contributed by atoms with Gasteiger partial charge in [0.1, 0.15) is 5.75 Å². The minimum absolute atomic E-state index is 0.174. The predicted octanol–water partition coefficient (Wildman–Crippen LogP) is 3.75. The fourth-order valence-corrected chi connectivity index (χ4v) is 2.87. The van der Waals surface area contributed by atoms with E-state index in [1.807, 2.05) is 68.6 Å². The summed E-state index contributed by atoms with van der Waals surface area (Å²) in [7, 11) is 1.63. The summed E-state index contributed by atoms with van der Waals surface area (Å²) in [6, 6.07) is 15.4. The first-order valence-corrected chi connectivity index (χ1v) is 8.84. The van der Waals surface area contributed by atoms with Crippen molar-refractivity contribution in [3.8, 4) is 11.4 Å². The summed E-state index contributed by atoms with van der Waals surface area (Å²) in [5.74, 6) is 0.762. The van der Waals surface area contributed by atoms with Crippen molar-refractivity contribution in [1.29, 1.82) is 0 Å². The number of methoxy groups -OCH3 is 1. The standard InChI is InChI=1S/C21H24N4O2/c1-15-9-10-20(27-3)19(11-15)16(2)24-21(26)22-12-17-13-23-25(14-17)18-7-5-4-6-8-18/h4-11,13-14,16H,12H2,1-3H3,(H2,22,24,26). The average molecular weight is 364 g/mol. The third-order valence-electron chi connectivity index (χ3n) is 4.31. The molecule has 1 atom stereocenters. The number of para-hydroxylation sites is 1. The minimum Gasteiger partial charge on any atom is -0.496 e. The zero-order chi connectivity index (χ0) is 19.2. The van der Waals surface area contributed by atoms with Gasteiger partial charge in [0.05, 0.1) is 25.0 Å². The van der Waals surface area contributed by atoms with Crippen LogP contribution in [0.15, 0.2) is 60.9 Å². The monoisotopic (exact) mass is 364 g/mol. The van der Waals surface area contributed by atoms with Crippen molar-refractivity contribution in [2.45, 2.75) is 26.4 Å². The molecular weight excluding hydrogens is 340 g/mol. The van der Waals surface area contributed by atoms with Crippen LogP contribution in [0, 0.1) is 6.92 Å². The molecule has 6 heteroatoms. The third kappa shape index (κ3) is 4.67. The van der Waals surface area contributed by atoms with E-state index in [0.717, 1.165) is 28.1 Å². The van der Waals surface area contributed by atoms with Crippen LogP contribution in [0.4, 0.5) is 4.79 Å². The van der Waals surface area contributed by atoms with Gasteiger partial charge in [-0.1, -0.05) is 35.9 Å². The van der Waals surface area contributed by atoms with Crippen molar-refractivity contribution < 1.29 is 9.53 Å². The molecule has 3 aromatic rings. The van der Waals surface area contributed by atoms with Crippen molar-refractivity contribution in [1.82, 2.24) is 20.4 Å². The summed E-state index contributed by atoms with van der Waals surface area (Å²) in [5.41, 5.74) is 3.97. The maximum Gasteiger partial charge on any atom is 0.315 e. The lowest BCUT2D eigenvalue weighted by Crippen LogP contribution is -2.36. The van der Waals surface area contributed by atoms with E-state index in [2.05, 4.69) is 15.7 Å². The quantitative estimate of drug-likeness (QED) is 0.700. The van der Waals surface area contributed by atoms with E-state index in [1.54, 1.807) is 18.0 Å².